The molecule has 244 valence electrons. The van der Waals surface area contributed by atoms with E-state index >= 15 is 0 Å². The average Bonchev–Trinajstić information content (AvgIpc) is 3.68. The molecule has 5 unspecified atom stereocenters. The summed E-state index contributed by atoms with van der Waals surface area (Å²) in [5.74, 6) is -0.102. The summed E-state index contributed by atoms with van der Waals surface area (Å²) in [7, 11) is 0. The summed E-state index contributed by atoms with van der Waals surface area (Å²) >= 11 is 1.77. The van der Waals surface area contributed by atoms with Crippen LogP contribution in [-0.4, -0.2) is 82.1 Å². The largest absolute Gasteiger partial charge is 0.381 e. The number of aliphatic hydroxyl groups excluding tert-OH is 1. The predicted molar refractivity (Wildman–Crippen MR) is 169 cm³/mol. The Morgan fingerprint density at radius 1 is 1.07 bits per heavy atom. The van der Waals surface area contributed by atoms with Gasteiger partial charge in [0.05, 0.1) is 6.04 Å². The smallest absolute Gasteiger partial charge is 0.315 e. The van der Waals surface area contributed by atoms with Crippen molar-refractivity contribution in [2.45, 2.75) is 129 Å². The van der Waals surface area contributed by atoms with E-state index in [-0.39, 0.29) is 40.6 Å². The second kappa shape index (κ2) is 13.2. The third-order valence-electron chi connectivity index (χ3n) is 10.6. The van der Waals surface area contributed by atoms with Crippen molar-refractivity contribution in [3.63, 3.8) is 0 Å². The van der Waals surface area contributed by atoms with Gasteiger partial charge in [0.2, 0.25) is 17.7 Å². The Morgan fingerprint density at radius 2 is 1.72 bits per heavy atom. The van der Waals surface area contributed by atoms with Crippen molar-refractivity contribution < 1.29 is 24.3 Å². The molecule has 1 saturated heterocycles. The third kappa shape index (κ3) is 7.81. The lowest BCUT2D eigenvalue weighted by Crippen LogP contribution is -2.63. The fourth-order valence-corrected chi connectivity index (χ4v) is 8.38. The van der Waals surface area contributed by atoms with Crippen LogP contribution in [0.25, 0.3) is 0 Å². The molecule has 11 heteroatoms. The Morgan fingerprint density at radius 3 is 2.26 bits per heavy atom. The molecule has 0 aromatic carbocycles. The summed E-state index contributed by atoms with van der Waals surface area (Å²) in [5, 5.41) is 19.8. The van der Waals surface area contributed by atoms with E-state index < -0.39 is 35.6 Å². The number of urea groups is 1. The number of hydrogen-bond acceptors (Lipinski definition) is 6. The van der Waals surface area contributed by atoms with Crippen LogP contribution in [-0.2, 0) is 14.4 Å². The van der Waals surface area contributed by atoms with Crippen LogP contribution in [0.1, 0.15) is 98.8 Å². The molecule has 0 bridgehead atoms. The minimum atomic E-state index is -1.49. The Bertz CT molecular complexity index is 1050. The van der Waals surface area contributed by atoms with Gasteiger partial charge in [0, 0.05) is 12.1 Å². The Labute approximate surface area is 261 Å². The van der Waals surface area contributed by atoms with Crippen molar-refractivity contribution in [1.29, 1.82) is 0 Å². The summed E-state index contributed by atoms with van der Waals surface area (Å²) in [5.41, 5.74) is 4.52. The molecule has 3 saturated carbocycles. The van der Waals surface area contributed by atoms with Crippen LogP contribution < -0.4 is 21.7 Å². The second-order valence-corrected chi connectivity index (χ2v) is 16.5. The summed E-state index contributed by atoms with van der Waals surface area (Å²) in [6.45, 7) is 10.5. The van der Waals surface area contributed by atoms with Crippen molar-refractivity contribution in [3.8, 4) is 0 Å². The van der Waals surface area contributed by atoms with E-state index in [2.05, 4.69) is 36.1 Å². The van der Waals surface area contributed by atoms with E-state index in [4.69, 9.17) is 5.73 Å². The molecule has 0 spiro atoms. The molecule has 1 heterocycles. The standard InChI is InChI=1S/C32H55N5O5S/c1-30(2,3)25(35-29(42)36-32(14-15-43-6)12-8-7-9-13-32)28(41)37-18-21-20(17-31(21,4)5)23(37)27(40)34-22(16-19-10-11-19)24(38)26(33)39/h19-25,38H,7-18H2,1-6H3,(H2,33,39)(H,34,40)(H2,35,36,42)/t20?,21?,22?,23?,24?,25-/m1/s1. The van der Waals surface area contributed by atoms with E-state index in [1.54, 1.807) is 16.7 Å². The molecule has 6 N–H and O–H groups in total. The molecule has 4 fully saturated rings. The van der Waals surface area contributed by atoms with E-state index in [1.807, 2.05) is 20.8 Å². The van der Waals surface area contributed by atoms with Gasteiger partial charge in [0.25, 0.3) is 0 Å². The van der Waals surface area contributed by atoms with E-state index in [0.717, 1.165) is 57.1 Å². The van der Waals surface area contributed by atoms with Crippen LogP contribution in [0.4, 0.5) is 4.79 Å². The highest BCUT2D eigenvalue weighted by atomic mass is 32.2. The maximum absolute atomic E-state index is 14.4. The molecule has 0 aromatic heterocycles. The molecular formula is C32H55N5O5S. The lowest BCUT2D eigenvalue weighted by molar-refractivity contribution is -0.144. The Hall–Kier alpha value is -2.01. The van der Waals surface area contributed by atoms with Gasteiger partial charge in [-0.15, -0.1) is 0 Å². The van der Waals surface area contributed by atoms with Gasteiger partial charge < -0.3 is 31.7 Å². The zero-order valence-electron chi connectivity index (χ0n) is 27.0. The number of hydrogen-bond donors (Lipinski definition) is 5. The summed E-state index contributed by atoms with van der Waals surface area (Å²) in [6, 6.07) is -2.72. The molecule has 3 aliphatic carbocycles. The van der Waals surface area contributed by atoms with E-state index in [1.165, 1.54) is 6.42 Å². The number of primary amides is 1. The van der Waals surface area contributed by atoms with Crippen molar-refractivity contribution >= 4 is 35.5 Å². The fourth-order valence-electron chi connectivity index (χ4n) is 7.79. The zero-order chi connectivity index (χ0) is 31.7. The molecule has 0 radical (unpaired) electrons. The first kappa shape index (κ1) is 33.9. The minimum absolute atomic E-state index is 0.0228. The van der Waals surface area contributed by atoms with E-state index in [9.17, 15) is 24.3 Å². The molecule has 10 nitrogen and oxygen atoms in total. The molecule has 0 aromatic rings. The number of aliphatic hydroxyl groups is 1. The number of carbonyl (C=O) groups excluding carboxylic acids is 4. The first-order valence-corrected chi connectivity index (χ1v) is 17.6. The van der Waals surface area contributed by atoms with Crippen LogP contribution >= 0.6 is 11.8 Å². The predicted octanol–water partition coefficient (Wildman–Crippen LogP) is 3.16. The zero-order valence-corrected chi connectivity index (χ0v) is 27.9. The maximum Gasteiger partial charge on any atom is 0.315 e. The molecule has 4 rings (SSSR count). The molecule has 1 aliphatic heterocycles. The summed E-state index contributed by atoms with van der Waals surface area (Å²) in [4.78, 5) is 55.4. The molecule has 43 heavy (non-hydrogen) atoms. The number of thioether (sulfide) groups is 1. The van der Waals surface area contributed by atoms with Crippen molar-refractivity contribution in [2.75, 3.05) is 18.6 Å². The normalized spacial score (nSPS) is 28.1. The third-order valence-corrected chi connectivity index (χ3v) is 11.2. The Balaban J connectivity index is 1.54. The first-order chi connectivity index (χ1) is 20.1. The van der Waals surface area contributed by atoms with Gasteiger partial charge in [-0.25, -0.2) is 4.79 Å². The van der Waals surface area contributed by atoms with Gasteiger partial charge in [-0.2, -0.15) is 11.8 Å². The minimum Gasteiger partial charge on any atom is -0.381 e. The highest BCUT2D eigenvalue weighted by Gasteiger charge is 2.61. The number of likely N-dealkylation sites (tertiary alicyclic amines) is 1. The number of nitrogens with two attached hydrogens (primary N) is 1. The molecule has 6 atom stereocenters. The lowest BCUT2D eigenvalue weighted by atomic mass is 9.55. The van der Waals surface area contributed by atoms with Crippen molar-refractivity contribution in [3.05, 3.63) is 0 Å². The maximum atomic E-state index is 14.4. The topological polar surface area (TPSA) is 154 Å². The highest BCUT2D eigenvalue weighted by molar-refractivity contribution is 7.98. The number of fused-ring (bicyclic) bond motifs is 1. The van der Waals surface area contributed by atoms with Gasteiger partial charge in [-0.3, -0.25) is 14.4 Å². The lowest BCUT2D eigenvalue weighted by Gasteiger charge is -2.48. The average molecular weight is 622 g/mol. The monoisotopic (exact) mass is 621 g/mol. The van der Waals surface area contributed by atoms with Gasteiger partial charge in [0.15, 0.2) is 6.10 Å². The number of nitrogens with one attached hydrogen (secondary N) is 3. The van der Waals surface area contributed by atoms with Gasteiger partial charge in [-0.05, 0) is 72.7 Å². The number of nitrogens with zero attached hydrogens (tertiary/aromatic N) is 1. The van der Waals surface area contributed by atoms with Crippen LogP contribution in [0, 0.1) is 28.6 Å². The van der Waals surface area contributed by atoms with E-state index in [0.29, 0.717) is 18.9 Å². The highest BCUT2D eigenvalue weighted by Crippen LogP contribution is 2.57. The molecular weight excluding hydrogens is 566 g/mol. The summed E-state index contributed by atoms with van der Waals surface area (Å²) < 4.78 is 0. The van der Waals surface area contributed by atoms with Crippen LogP contribution in [0.15, 0.2) is 0 Å². The van der Waals surface area contributed by atoms with Crippen LogP contribution in [0.3, 0.4) is 0 Å². The van der Waals surface area contributed by atoms with Gasteiger partial charge in [-0.1, -0.05) is 66.7 Å². The number of amides is 5. The second-order valence-electron chi connectivity index (χ2n) is 15.5. The summed E-state index contributed by atoms with van der Waals surface area (Å²) in [6.07, 6.45) is 9.90. The molecule has 4 aliphatic rings. The Kier molecular flexibility index (Phi) is 10.4. The van der Waals surface area contributed by atoms with Gasteiger partial charge >= 0.3 is 6.03 Å². The van der Waals surface area contributed by atoms with Crippen molar-refractivity contribution in [2.24, 2.45) is 34.3 Å². The van der Waals surface area contributed by atoms with Gasteiger partial charge in [0.1, 0.15) is 12.1 Å². The van der Waals surface area contributed by atoms with Crippen LogP contribution in [0.2, 0.25) is 0 Å². The fraction of sp³-hybridized carbons (Fsp3) is 0.875. The van der Waals surface area contributed by atoms with Crippen molar-refractivity contribution in [1.82, 2.24) is 20.9 Å². The SMILES string of the molecule is CSCCC1(NC(=O)N[C@H](C(=O)N2CC3C(CC3(C)C)C2C(=O)NC(CC2CC2)C(O)C(N)=O)C(C)(C)C)CCCCC1. The number of carbonyl (C=O) groups is 4. The number of rotatable bonds is 12. The quantitative estimate of drug-likeness (QED) is 0.226. The molecule has 5 amide bonds. The van der Waals surface area contributed by atoms with Crippen LogP contribution in [0.5, 0.6) is 0 Å². The first-order valence-electron chi connectivity index (χ1n) is 16.2.